The normalized spacial score (nSPS) is 24.7. The lowest BCUT2D eigenvalue weighted by atomic mass is 9.96. The topological polar surface area (TPSA) is 0 Å². The van der Waals surface area contributed by atoms with Crippen LogP contribution in [0.2, 0.25) is 0 Å². The van der Waals surface area contributed by atoms with Crippen LogP contribution in [0.5, 0.6) is 0 Å². The number of rotatable bonds is 0. The Labute approximate surface area is 70.1 Å². The molecule has 2 aliphatic rings. The molecule has 0 atom stereocenters. The molecule has 0 aliphatic heterocycles. The lowest BCUT2D eigenvalue weighted by molar-refractivity contribution is 0.793. The summed E-state index contributed by atoms with van der Waals surface area (Å²) in [5, 5.41) is 0. The van der Waals surface area contributed by atoms with Crippen LogP contribution >= 0.6 is 15.9 Å². The molecule has 0 saturated heterocycles. The van der Waals surface area contributed by atoms with Crippen molar-refractivity contribution < 1.29 is 0 Å². The van der Waals surface area contributed by atoms with Crippen molar-refractivity contribution in [2.24, 2.45) is 0 Å². The largest absolute Gasteiger partial charge is 0.0807 e. The average Bonchev–Trinajstić information content (AvgIpc) is 2.36. The van der Waals surface area contributed by atoms with Gasteiger partial charge in [0.05, 0.1) is 0 Å². The maximum atomic E-state index is 3.63. The maximum Gasteiger partial charge on any atom is -0.00145 e. The molecule has 0 heterocycles. The summed E-state index contributed by atoms with van der Waals surface area (Å²) < 4.78 is 1.47. The molecule has 0 spiro atoms. The Balaban J connectivity index is 2.38. The van der Waals surface area contributed by atoms with Crippen LogP contribution in [0.1, 0.15) is 32.1 Å². The molecule has 0 aromatic rings. The second-order valence-corrected chi connectivity index (χ2v) is 3.96. The van der Waals surface area contributed by atoms with Gasteiger partial charge in [0, 0.05) is 0 Å². The van der Waals surface area contributed by atoms with Gasteiger partial charge in [-0.1, -0.05) is 22.0 Å². The zero-order chi connectivity index (χ0) is 6.97. The molecule has 54 valence electrons. The van der Waals surface area contributed by atoms with Crippen LogP contribution in [0.3, 0.4) is 0 Å². The number of hydrogen-bond acceptors (Lipinski definition) is 0. The molecule has 0 aromatic carbocycles. The summed E-state index contributed by atoms with van der Waals surface area (Å²) in [5.41, 5.74) is 3.24. The van der Waals surface area contributed by atoms with E-state index in [9.17, 15) is 0 Å². The molecule has 0 fully saturated rings. The fraction of sp³-hybridized carbons (Fsp3) is 0.556. The molecular formula is C9H11Br. The van der Waals surface area contributed by atoms with Crippen molar-refractivity contribution in [3.63, 3.8) is 0 Å². The maximum absolute atomic E-state index is 3.63. The van der Waals surface area contributed by atoms with Gasteiger partial charge in [-0.15, -0.1) is 0 Å². The second-order valence-electron chi connectivity index (χ2n) is 3.01. The minimum Gasteiger partial charge on any atom is -0.0807 e. The van der Waals surface area contributed by atoms with E-state index in [0.717, 1.165) is 0 Å². The minimum absolute atomic E-state index is 1.27. The van der Waals surface area contributed by atoms with Gasteiger partial charge in [0.15, 0.2) is 0 Å². The van der Waals surface area contributed by atoms with E-state index in [4.69, 9.17) is 0 Å². The van der Waals surface area contributed by atoms with E-state index in [-0.39, 0.29) is 0 Å². The molecule has 0 bridgehead atoms. The molecule has 0 aromatic heterocycles. The lowest BCUT2D eigenvalue weighted by Crippen LogP contribution is -1.94. The smallest absolute Gasteiger partial charge is 0.00145 e. The molecule has 10 heavy (non-hydrogen) atoms. The first-order chi connectivity index (χ1) is 4.88. The second kappa shape index (κ2) is 2.54. The van der Waals surface area contributed by atoms with Gasteiger partial charge in [0.1, 0.15) is 0 Å². The van der Waals surface area contributed by atoms with Crippen LogP contribution in [0, 0.1) is 0 Å². The number of allylic oxidation sites excluding steroid dienone is 4. The third-order valence-electron chi connectivity index (χ3n) is 2.34. The SMILES string of the molecule is BrC1=C2CCC=C2CCC1. The number of halogens is 1. The van der Waals surface area contributed by atoms with Gasteiger partial charge in [-0.3, -0.25) is 0 Å². The molecule has 0 radical (unpaired) electrons. The summed E-state index contributed by atoms with van der Waals surface area (Å²) in [7, 11) is 0. The molecule has 0 saturated carbocycles. The fourth-order valence-corrected chi connectivity index (χ4v) is 2.56. The van der Waals surface area contributed by atoms with Gasteiger partial charge in [-0.05, 0) is 47.7 Å². The summed E-state index contributed by atoms with van der Waals surface area (Å²) in [4.78, 5) is 0. The summed E-state index contributed by atoms with van der Waals surface area (Å²) in [6.07, 6.45) is 8.90. The van der Waals surface area contributed by atoms with Gasteiger partial charge in [-0.25, -0.2) is 0 Å². The third-order valence-corrected chi connectivity index (χ3v) is 3.22. The first-order valence-corrected chi connectivity index (χ1v) is 4.74. The first kappa shape index (κ1) is 6.66. The van der Waals surface area contributed by atoms with Gasteiger partial charge >= 0.3 is 0 Å². The Hall–Kier alpha value is -0.0400. The summed E-state index contributed by atoms with van der Waals surface area (Å²) in [5.74, 6) is 0. The molecule has 0 nitrogen and oxygen atoms in total. The monoisotopic (exact) mass is 198 g/mol. The Morgan fingerprint density at radius 2 is 2.10 bits per heavy atom. The van der Waals surface area contributed by atoms with Crippen LogP contribution < -0.4 is 0 Å². The van der Waals surface area contributed by atoms with Gasteiger partial charge in [0.25, 0.3) is 0 Å². The van der Waals surface area contributed by atoms with Crippen molar-refractivity contribution >= 4 is 15.9 Å². The zero-order valence-corrected chi connectivity index (χ0v) is 7.58. The van der Waals surface area contributed by atoms with E-state index in [1.807, 2.05) is 0 Å². The minimum atomic E-state index is 1.27. The van der Waals surface area contributed by atoms with E-state index in [1.165, 1.54) is 36.6 Å². The van der Waals surface area contributed by atoms with Crippen LogP contribution in [0.15, 0.2) is 21.7 Å². The highest BCUT2D eigenvalue weighted by Crippen LogP contribution is 2.39. The third kappa shape index (κ3) is 0.968. The molecule has 0 amide bonds. The van der Waals surface area contributed by atoms with Crippen molar-refractivity contribution in [1.29, 1.82) is 0 Å². The Morgan fingerprint density at radius 3 is 2.90 bits per heavy atom. The predicted octanol–water partition coefficient (Wildman–Crippen LogP) is 3.54. The summed E-state index contributed by atoms with van der Waals surface area (Å²) in [6, 6.07) is 0. The average molecular weight is 199 g/mol. The van der Waals surface area contributed by atoms with E-state index >= 15 is 0 Å². The van der Waals surface area contributed by atoms with Crippen LogP contribution in [0.25, 0.3) is 0 Å². The van der Waals surface area contributed by atoms with Crippen LogP contribution in [0.4, 0.5) is 0 Å². The zero-order valence-electron chi connectivity index (χ0n) is 5.99. The molecular weight excluding hydrogens is 188 g/mol. The highest BCUT2D eigenvalue weighted by Gasteiger charge is 2.18. The van der Waals surface area contributed by atoms with E-state index in [1.54, 1.807) is 11.1 Å². The van der Waals surface area contributed by atoms with Crippen molar-refractivity contribution in [2.45, 2.75) is 32.1 Å². The van der Waals surface area contributed by atoms with Gasteiger partial charge in [0.2, 0.25) is 0 Å². The van der Waals surface area contributed by atoms with Gasteiger partial charge < -0.3 is 0 Å². The Morgan fingerprint density at radius 1 is 1.20 bits per heavy atom. The Kier molecular flexibility index (Phi) is 1.69. The van der Waals surface area contributed by atoms with Crippen LogP contribution in [-0.4, -0.2) is 0 Å². The van der Waals surface area contributed by atoms with E-state index in [2.05, 4.69) is 22.0 Å². The molecule has 1 heteroatoms. The molecule has 2 rings (SSSR count). The predicted molar refractivity (Wildman–Crippen MR) is 47.1 cm³/mol. The highest BCUT2D eigenvalue weighted by molar-refractivity contribution is 9.11. The molecule has 0 unspecified atom stereocenters. The standard InChI is InChI=1S/C9H11Br/c10-9-6-2-4-7-3-1-5-8(7)9/h3H,1-2,4-6H2. The summed E-state index contributed by atoms with van der Waals surface area (Å²) in [6.45, 7) is 0. The van der Waals surface area contributed by atoms with Crippen molar-refractivity contribution in [3.8, 4) is 0 Å². The van der Waals surface area contributed by atoms with E-state index in [0.29, 0.717) is 0 Å². The molecule has 0 N–H and O–H groups in total. The molecule has 2 aliphatic carbocycles. The van der Waals surface area contributed by atoms with Gasteiger partial charge in [-0.2, -0.15) is 0 Å². The van der Waals surface area contributed by atoms with Crippen molar-refractivity contribution in [3.05, 3.63) is 21.7 Å². The Bertz CT molecular complexity index is 203. The summed E-state index contributed by atoms with van der Waals surface area (Å²) >= 11 is 3.63. The fourth-order valence-electron chi connectivity index (χ4n) is 1.82. The highest BCUT2D eigenvalue weighted by atomic mass is 79.9. The first-order valence-electron chi connectivity index (χ1n) is 3.95. The lowest BCUT2D eigenvalue weighted by Gasteiger charge is -2.14. The van der Waals surface area contributed by atoms with Crippen molar-refractivity contribution in [1.82, 2.24) is 0 Å². The van der Waals surface area contributed by atoms with E-state index < -0.39 is 0 Å². The number of hydrogen-bond donors (Lipinski definition) is 0. The van der Waals surface area contributed by atoms with Crippen molar-refractivity contribution in [2.75, 3.05) is 0 Å². The number of fused-ring (bicyclic) bond motifs is 1. The quantitative estimate of drug-likeness (QED) is 0.559. The van der Waals surface area contributed by atoms with Crippen LogP contribution in [-0.2, 0) is 0 Å².